The van der Waals surface area contributed by atoms with Crippen LogP contribution in [0.5, 0.6) is 0 Å². The molecule has 0 spiro atoms. The molecule has 1 nitrogen and oxygen atoms in total. The van der Waals surface area contributed by atoms with Gasteiger partial charge in [0.05, 0.1) is 4.58 Å². The molecule has 0 aliphatic carbocycles. The van der Waals surface area contributed by atoms with E-state index in [2.05, 4.69) is 86.3 Å². The van der Waals surface area contributed by atoms with E-state index in [0.29, 0.717) is 10.6 Å². The molecule has 0 aliphatic rings. The average molecular weight is 332 g/mol. The van der Waals surface area contributed by atoms with E-state index in [4.69, 9.17) is 0 Å². The summed E-state index contributed by atoms with van der Waals surface area (Å²) in [4.78, 5) is 5.22. The quantitative estimate of drug-likeness (QED) is 0.456. The van der Waals surface area contributed by atoms with Crippen molar-refractivity contribution in [2.75, 3.05) is 13.1 Å². The van der Waals surface area contributed by atoms with E-state index in [-0.39, 0.29) is 0 Å². The molecule has 0 radical (unpaired) electrons. The van der Waals surface area contributed by atoms with Gasteiger partial charge in [0, 0.05) is 15.8 Å². The first-order valence-electron chi connectivity index (χ1n) is 7.92. The van der Waals surface area contributed by atoms with E-state index in [1.165, 1.54) is 9.79 Å². The summed E-state index contributed by atoms with van der Waals surface area (Å²) in [5.41, 5.74) is 0. The number of nitrogens with zero attached hydrogens (tertiary/aromatic N) is 1. The molecule has 0 bridgehead atoms. The van der Waals surface area contributed by atoms with Crippen LogP contribution < -0.4 is 0 Å². The fourth-order valence-corrected chi connectivity index (χ4v) is 5.22. The van der Waals surface area contributed by atoms with Crippen molar-refractivity contribution < 1.29 is 0 Å². The van der Waals surface area contributed by atoms with Gasteiger partial charge in [-0.05, 0) is 44.3 Å². The summed E-state index contributed by atoms with van der Waals surface area (Å²) in [5.74, 6) is 0. The van der Waals surface area contributed by atoms with Crippen LogP contribution in [-0.4, -0.2) is 28.6 Å². The maximum Gasteiger partial charge on any atom is 0.0749 e. The molecular weight excluding hydrogens is 306 g/mol. The lowest BCUT2D eigenvalue weighted by molar-refractivity contribution is 0.244. The van der Waals surface area contributed by atoms with Crippen LogP contribution in [0.1, 0.15) is 20.8 Å². The summed E-state index contributed by atoms with van der Waals surface area (Å²) in [5, 5.41) is 0. The van der Waals surface area contributed by atoms with E-state index in [9.17, 15) is 0 Å². The molecule has 0 saturated heterocycles. The molecule has 3 heteroatoms. The van der Waals surface area contributed by atoms with Gasteiger partial charge in [0.2, 0.25) is 0 Å². The SMILES string of the molecule is CCN(CC)C(C)C(Sc1ccccc1)Sc1ccccc1. The van der Waals surface area contributed by atoms with E-state index < -0.39 is 0 Å². The van der Waals surface area contributed by atoms with Gasteiger partial charge < -0.3 is 0 Å². The van der Waals surface area contributed by atoms with Crippen molar-refractivity contribution in [2.45, 2.75) is 41.2 Å². The molecule has 118 valence electrons. The Bertz CT molecular complexity index is 484. The molecular formula is C19H25NS2. The molecule has 1 atom stereocenters. The Balaban J connectivity index is 2.16. The van der Waals surface area contributed by atoms with Crippen molar-refractivity contribution in [3.63, 3.8) is 0 Å². The maximum atomic E-state index is 2.54. The van der Waals surface area contributed by atoms with E-state index >= 15 is 0 Å². The highest BCUT2D eigenvalue weighted by Crippen LogP contribution is 2.38. The number of hydrogen-bond acceptors (Lipinski definition) is 3. The van der Waals surface area contributed by atoms with Crippen LogP contribution in [0.4, 0.5) is 0 Å². The second-order valence-electron chi connectivity index (χ2n) is 5.19. The Morgan fingerprint density at radius 3 is 1.55 bits per heavy atom. The molecule has 0 amide bonds. The number of rotatable bonds is 8. The average Bonchev–Trinajstić information content (AvgIpc) is 2.57. The van der Waals surface area contributed by atoms with Gasteiger partial charge in [0.25, 0.3) is 0 Å². The Morgan fingerprint density at radius 2 is 1.18 bits per heavy atom. The van der Waals surface area contributed by atoms with E-state index in [1.807, 2.05) is 23.5 Å². The summed E-state index contributed by atoms with van der Waals surface area (Å²) < 4.78 is 0.477. The minimum atomic E-state index is 0.477. The molecule has 2 aromatic carbocycles. The lowest BCUT2D eigenvalue weighted by Gasteiger charge is -2.32. The van der Waals surface area contributed by atoms with Gasteiger partial charge in [-0.3, -0.25) is 4.90 Å². The molecule has 0 heterocycles. The van der Waals surface area contributed by atoms with Gasteiger partial charge in [-0.2, -0.15) is 0 Å². The maximum absolute atomic E-state index is 2.54. The van der Waals surface area contributed by atoms with Crippen LogP contribution >= 0.6 is 23.5 Å². The van der Waals surface area contributed by atoms with Gasteiger partial charge >= 0.3 is 0 Å². The molecule has 1 unspecified atom stereocenters. The van der Waals surface area contributed by atoms with Gasteiger partial charge in [0.15, 0.2) is 0 Å². The van der Waals surface area contributed by atoms with Crippen molar-refractivity contribution in [1.29, 1.82) is 0 Å². The van der Waals surface area contributed by atoms with Gasteiger partial charge in [-0.25, -0.2) is 0 Å². The third kappa shape index (κ3) is 5.08. The zero-order valence-electron chi connectivity index (χ0n) is 13.6. The van der Waals surface area contributed by atoms with Crippen LogP contribution in [-0.2, 0) is 0 Å². The molecule has 2 aromatic rings. The molecule has 2 rings (SSSR count). The molecule has 0 saturated carbocycles. The molecule has 0 N–H and O–H groups in total. The number of benzene rings is 2. The van der Waals surface area contributed by atoms with E-state index in [0.717, 1.165) is 13.1 Å². The summed E-state index contributed by atoms with van der Waals surface area (Å²) in [7, 11) is 0. The molecule has 0 aliphatic heterocycles. The predicted octanol–water partition coefficient (Wildman–Crippen LogP) is 5.63. The van der Waals surface area contributed by atoms with Crippen LogP contribution in [0, 0.1) is 0 Å². The van der Waals surface area contributed by atoms with Gasteiger partial charge in [-0.1, -0.05) is 50.2 Å². The smallest absolute Gasteiger partial charge is 0.0749 e. The largest absolute Gasteiger partial charge is 0.299 e. The van der Waals surface area contributed by atoms with Crippen molar-refractivity contribution in [1.82, 2.24) is 4.90 Å². The molecule has 22 heavy (non-hydrogen) atoms. The highest BCUT2D eigenvalue weighted by Gasteiger charge is 2.24. The highest BCUT2D eigenvalue weighted by atomic mass is 32.2. The molecule has 0 fully saturated rings. The summed E-state index contributed by atoms with van der Waals surface area (Å²) >= 11 is 3.94. The Morgan fingerprint density at radius 1 is 0.773 bits per heavy atom. The second kappa shape index (κ2) is 9.29. The highest BCUT2D eigenvalue weighted by molar-refractivity contribution is 8.17. The Kier molecular flexibility index (Phi) is 7.37. The summed E-state index contributed by atoms with van der Waals surface area (Å²) in [6.07, 6.45) is 0. The summed E-state index contributed by atoms with van der Waals surface area (Å²) in [6, 6.07) is 22.0. The summed E-state index contributed by atoms with van der Waals surface area (Å²) in [6.45, 7) is 9.04. The topological polar surface area (TPSA) is 3.24 Å². The second-order valence-corrected chi connectivity index (χ2v) is 7.92. The van der Waals surface area contributed by atoms with Crippen LogP contribution in [0.25, 0.3) is 0 Å². The zero-order valence-corrected chi connectivity index (χ0v) is 15.2. The minimum absolute atomic E-state index is 0.477. The standard InChI is InChI=1S/C19H25NS2/c1-4-20(5-2)16(3)19(21-17-12-8-6-9-13-17)22-18-14-10-7-11-15-18/h6-16,19H,4-5H2,1-3H3. The van der Waals surface area contributed by atoms with Crippen molar-refractivity contribution in [3.8, 4) is 0 Å². The zero-order chi connectivity index (χ0) is 15.8. The van der Waals surface area contributed by atoms with Crippen molar-refractivity contribution >= 4 is 23.5 Å². The van der Waals surface area contributed by atoms with Crippen molar-refractivity contribution in [3.05, 3.63) is 60.7 Å². The molecule has 0 aromatic heterocycles. The normalized spacial score (nSPS) is 12.8. The minimum Gasteiger partial charge on any atom is -0.299 e. The number of hydrogen-bond donors (Lipinski definition) is 0. The van der Waals surface area contributed by atoms with Crippen LogP contribution in [0.3, 0.4) is 0 Å². The van der Waals surface area contributed by atoms with Crippen LogP contribution in [0.15, 0.2) is 70.5 Å². The lowest BCUT2D eigenvalue weighted by Crippen LogP contribution is -2.38. The third-order valence-electron chi connectivity index (χ3n) is 3.77. The van der Waals surface area contributed by atoms with E-state index in [1.54, 1.807) is 0 Å². The van der Waals surface area contributed by atoms with Gasteiger partial charge in [0.1, 0.15) is 0 Å². The van der Waals surface area contributed by atoms with Crippen LogP contribution in [0.2, 0.25) is 0 Å². The fourth-order valence-electron chi connectivity index (χ4n) is 2.46. The Hall–Kier alpha value is -0.900. The first-order valence-corrected chi connectivity index (χ1v) is 9.68. The third-order valence-corrected chi connectivity index (χ3v) is 6.69. The van der Waals surface area contributed by atoms with Gasteiger partial charge in [-0.15, -0.1) is 23.5 Å². The fraction of sp³-hybridized carbons (Fsp3) is 0.368. The number of thioether (sulfide) groups is 2. The predicted molar refractivity (Wildman–Crippen MR) is 101 cm³/mol. The Labute approximate surface area is 143 Å². The first-order chi connectivity index (χ1) is 10.7. The van der Waals surface area contributed by atoms with Crippen molar-refractivity contribution in [2.24, 2.45) is 0 Å². The first kappa shape index (κ1) is 17.5. The monoisotopic (exact) mass is 331 g/mol. The lowest BCUT2D eigenvalue weighted by atomic mass is 10.3.